The van der Waals surface area contributed by atoms with E-state index in [1.807, 2.05) is 13.2 Å². The number of benzene rings is 1. The van der Waals surface area contributed by atoms with E-state index in [0.29, 0.717) is 18.1 Å². The number of hydrogen-bond acceptors (Lipinski definition) is 4. The van der Waals surface area contributed by atoms with Crippen LogP contribution in [0.4, 0.5) is 0 Å². The summed E-state index contributed by atoms with van der Waals surface area (Å²) in [5.41, 5.74) is 0.904. The Labute approximate surface area is 137 Å². The highest BCUT2D eigenvalue weighted by atomic mass is 35.5. The van der Waals surface area contributed by atoms with Gasteiger partial charge >= 0.3 is 0 Å². The Hall–Kier alpha value is -0.270. The van der Waals surface area contributed by atoms with Gasteiger partial charge in [-0.1, -0.05) is 31.5 Å². The molecule has 0 aromatic heterocycles. The largest absolute Gasteiger partial charge is 0.313 e. The summed E-state index contributed by atoms with van der Waals surface area (Å²) in [6.45, 7) is 6.02. The number of rotatable bonds is 9. The zero-order chi connectivity index (χ0) is 15.9. The van der Waals surface area contributed by atoms with Crippen LogP contribution in [-0.2, 0) is 16.6 Å². The molecule has 0 fully saturated rings. The van der Waals surface area contributed by atoms with E-state index in [2.05, 4.69) is 17.0 Å². The van der Waals surface area contributed by atoms with Crippen LogP contribution >= 0.6 is 23.4 Å². The zero-order valence-electron chi connectivity index (χ0n) is 12.6. The summed E-state index contributed by atoms with van der Waals surface area (Å²) in [4.78, 5) is 0.208. The first-order chi connectivity index (χ1) is 9.90. The summed E-state index contributed by atoms with van der Waals surface area (Å²) >= 11 is 7.78. The van der Waals surface area contributed by atoms with Gasteiger partial charge < -0.3 is 5.32 Å². The van der Waals surface area contributed by atoms with E-state index in [1.54, 1.807) is 23.9 Å². The van der Waals surface area contributed by atoms with Gasteiger partial charge in [-0.3, -0.25) is 0 Å². The molecule has 4 nitrogen and oxygen atoms in total. The van der Waals surface area contributed by atoms with Gasteiger partial charge in [-0.05, 0) is 36.9 Å². The standard InChI is InChI=1S/C14H23ClN2O2S2/c1-4-7-16-10-12-5-6-13(8-14(12)15)21(18,19)17-9-11(2)20-3/h5-6,8,11,16-17H,4,7,9-10H2,1-3H3. The molecule has 0 spiro atoms. The maximum atomic E-state index is 12.2. The molecule has 0 aliphatic carbocycles. The van der Waals surface area contributed by atoms with Crippen LogP contribution in [0.15, 0.2) is 23.1 Å². The van der Waals surface area contributed by atoms with Crippen molar-refractivity contribution in [1.82, 2.24) is 10.0 Å². The van der Waals surface area contributed by atoms with Crippen LogP contribution in [0.3, 0.4) is 0 Å². The lowest BCUT2D eigenvalue weighted by molar-refractivity contribution is 0.581. The Bertz CT molecular complexity index is 550. The highest BCUT2D eigenvalue weighted by molar-refractivity contribution is 7.99. The normalized spacial score (nSPS) is 13.3. The minimum absolute atomic E-state index is 0.208. The monoisotopic (exact) mass is 350 g/mol. The summed E-state index contributed by atoms with van der Waals surface area (Å²) in [7, 11) is -3.50. The van der Waals surface area contributed by atoms with Crippen LogP contribution in [0, 0.1) is 0 Å². The fourth-order valence-electron chi connectivity index (χ4n) is 1.63. The van der Waals surface area contributed by atoms with Gasteiger partial charge in [0.2, 0.25) is 10.0 Å². The van der Waals surface area contributed by atoms with Crippen LogP contribution in [0.5, 0.6) is 0 Å². The summed E-state index contributed by atoms with van der Waals surface area (Å²) in [5.74, 6) is 0. The Morgan fingerprint density at radius 2 is 2.10 bits per heavy atom. The number of sulfonamides is 1. The number of hydrogen-bond donors (Lipinski definition) is 2. The second-order valence-electron chi connectivity index (χ2n) is 4.83. The van der Waals surface area contributed by atoms with Crippen LogP contribution < -0.4 is 10.0 Å². The highest BCUT2D eigenvalue weighted by Gasteiger charge is 2.16. The van der Waals surface area contributed by atoms with Crippen LogP contribution in [-0.4, -0.2) is 33.0 Å². The van der Waals surface area contributed by atoms with Gasteiger partial charge in [0.05, 0.1) is 4.90 Å². The van der Waals surface area contributed by atoms with E-state index < -0.39 is 10.0 Å². The fraction of sp³-hybridized carbons (Fsp3) is 0.571. The van der Waals surface area contributed by atoms with Gasteiger partial charge in [-0.25, -0.2) is 13.1 Å². The molecule has 120 valence electrons. The molecule has 0 radical (unpaired) electrons. The van der Waals surface area contributed by atoms with Gasteiger partial charge in [0.1, 0.15) is 0 Å². The van der Waals surface area contributed by atoms with Crippen molar-refractivity contribution < 1.29 is 8.42 Å². The highest BCUT2D eigenvalue weighted by Crippen LogP contribution is 2.21. The van der Waals surface area contributed by atoms with Gasteiger partial charge in [-0.15, -0.1) is 0 Å². The van der Waals surface area contributed by atoms with Crippen LogP contribution in [0.25, 0.3) is 0 Å². The van der Waals surface area contributed by atoms with E-state index in [1.165, 1.54) is 6.07 Å². The Morgan fingerprint density at radius 3 is 2.67 bits per heavy atom. The maximum absolute atomic E-state index is 12.2. The topological polar surface area (TPSA) is 58.2 Å². The molecule has 0 amide bonds. The molecular weight excluding hydrogens is 328 g/mol. The molecule has 1 unspecified atom stereocenters. The van der Waals surface area contributed by atoms with Gasteiger partial charge in [-0.2, -0.15) is 11.8 Å². The second kappa shape index (κ2) is 9.00. The third kappa shape index (κ3) is 6.16. The van der Waals surface area contributed by atoms with E-state index in [-0.39, 0.29) is 10.1 Å². The molecule has 7 heteroatoms. The van der Waals surface area contributed by atoms with Crippen molar-refractivity contribution in [2.45, 2.75) is 37.0 Å². The molecular formula is C14H23ClN2O2S2. The van der Waals surface area contributed by atoms with Crippen molar-refractivity contribution in [3.05, 3.63) is 28.8 Å². The lowest BCUT2D eigenvalue weighted by Crippen LogP contribution is -2.29. The minimum Gasteiger partial charge on any atom is -0.313 e. The average molecular weight is 351 g/mol. The molecule has 0 heterocycles. The molecule has 0 bridgehead atoms. The lowest BCUT2D eigenvalue weighted by atomic mass is 10.2. The fourth-order valence-corrected chi connectivity index (χ4v) is 3.46. The summed E-state index contributed by atoms with van der Waals surface area (Å²) in [5, 5.41) is 3.95. The lowest BCUT2D eigenvalue weighted by Gasteiger charge is -2.12. The number of thioether (sulfide) groups is 1. The molecule has 0 aliphatic heterocycles. The third-order valence-corrected chi connectivity index (χ3v) is 5.78. The molecule has 2 N–H and O–H groups in total. The van der Waals surface area contributed by atoms with Crippen molar-refractivity contribution in [2.75, 3.05) is 19.3 Å². The zero-order valence-corrected chi connectivity index (χ0v) is 15.0. The van der Waals surface area contributed by atoms with E-state index in [9.17, 15) is 8.42 Å². The molecule has 1 rings (SSSR count). The first kappa shape index (κ1) is 18.8. The van der Waals surface area contributed by atoms with Crippen LogP contribution in [0.2, 0.25) is 5.02 Å². The quantitative estimate of drug-likeness (QED) is 0.672. The van der Waals surface area contributed by atoms with Crippen LogP contribution in [0.1, 0.15) is 25.8 Å². The predicted molar refractivity (Wildman–Crippen MR) is 91.6 cm³/mol. The predicted octanol–water partition coefficient (Wildman–Crippen LogP) is 2.87. The molecule has 1 atom stereocenters. The molecule has 1 aromatic rings. The van der Waals surface area contributed by atoms with E-state index in [4.69, 9.17) is 11.6 Å². The Morgan fingerprint density at radius 1 is 1.38 bits per heavy atom. The average Bonchev–Trinajstić information content (AvgIpc) is 2.46. The summed E-state index contributed by atoms with van der Waals surface area (Å²) in [6.07, 6.45) is 3.00. The Balaban J connectivity index is 2.77. The van der Waals surface area contributed by atoms with Gasteiger partial charge in [0, 0.05) is 23.4 Å². The van der Waals surface area contributed by atoms with Gasteiger partial charge in [0.25, 0.3) is 0 Å². The first-order valence-corrected chi connectivity index (χ1v) is 10.1. The number of halogens is 1. The van der Waals surface area contributed by atoms with Crippen molar-refractivity contribution in [3.8, 4) is 0 Å². The Kier molecular flexibility index (Phi) is 8.05. The van der Waals surface area contributed by atoms with E-state index in [0.717, 1.165) is 18.5 Å². The molecule has 0 saturated carbocycles. The SMILES string of the molecule is CCCNCc1ccc(S(=O)(=O)NCC(C)SC)cc1Cl. The third-order valence-electron chi connectivity index (χ3n) is 3.04. The van der Waals surface area contributed by atoms with Crippen molar-refractivity contribution in [3.63, 3.8) is 0 Å². The van der Waals surface area contributed by atoms with Crippen molar-refractivity contribution in [1.29, 1.82) is 0 Å². The van der Waals surface area contributed by atoms with Crippen molar-refractivity contribution >= 4 is 33.4 Å². The van der Waals surface area contributed by atoms with Gasteiger partial charge in [0.15, 0.2) is 0 Å². The molecule has 1 aromatic carbocycles. The first-order valence-electron chi connectivity index (χ1n) is 6.92. The summed E-state index contributed by atoms with van der Waals surface area (Å²) < 4.78 is 27.0. The number of nitrogens with one attached hydrogen (secondary N) is 2. The maximum Gasteiger partial charge on any atom is 0.240 e. The molecule has 0 aliphatic rings. The summed E-state index contributed by atoms with van der Waals surface area (Å²) in [6, 6.07) is 4.87. The minimum atomic E-state index is -3.50. The second-order valence-corrected chi connectivity index (χ2v) is 8.28. The van der Waals surface area contributed by atoms with Crippen molar-refractivity contribution in [2.24, 2.45) is 0 Å². The molecule has 0 saturated heterocycles. The van der Waals surface area contributed by atoms with E-state index >= 15 is 0 Å². The molecule has 21 heavy (non-hydrogen) atoms. The smallest absolute Gasteiger partial charge is 0.240 e.